The molecule has 0 bridgehead atoms. The smallest absolute Gasteiger partial charge is 0.408 e. The molecule has 0 radical (unpaired) electrons. The van der Waals surface area contributed by atoms with E-state index in [4.69, 9.17) is 19.7 Å². The first kappa shape index (κ1) is 34.6. The van der Waals surface area contributed by atoms with Gasteiger partial charge in [0.2, 0.25) is 5.91 Å². The molecule has 16 heteroatoms. The normalized spacial score (nSPS) is 20.2. The summed E-state index contributed by atoms with van der Waals surface area (Å²) in [4.78, 5) is 69.9. The molecule has 0 aromatic carbocycles. The highest BCUT2D eigenvalue weighted by Crippen LogP contribution is 2.31. The first-order chi connectivity index (χ1) is 19.6. The van der Waals surface area contributed by atoms with E-state index in [1.54, 1.807) is 48.5 Å². The van der Waals surface area contributed by atoms with Crippen LogP contribution in [0.25, 0.3) is 16.5 Å². The number of azide groups is 1. The van der Waals surface area contributed by atoms with E-state index in [-0.39, 0.29) is 24.4 Å². The zero-order chi connectivity index (χ0) is 31.8. The largest absolute Gasteiger partial charge is 0.458 e. The molecule has 2 rings (SSSR count). The van der Waals surface area contributed by atoms with Crippen molar-refractivity contribution in [2.24, 2.45) is 17.0 Å². The van der Waals surface area contributed by atoms with E-state index in [1.807, 2.05) is 0 Å². The number of H-pyrrole nitrogens is 1. The number of nitrogens with one attached hydrogen (secondary N) is 3. The molecule has 42 heavy (non-hydrogen) atoms. The summed E-state index contributed by atoms with van der Waals surface area (Å²) in [5.74, 6) is -2.14. The Bertz CT molecular complexity index is 1330. The van der Waals surface area contributed by atoms with E-state index in [1.165, 1.54) is 17.3 Å². The van der Waals surface area contributed by atoms with E-state index >= 15 is 0 Å². The maximum absolute atomic E-state index is 13.4. The number of amides is 2. The van der Waals surface area contributed by atoms with Crippen molar-refractivity contribution in [3.8, 4) is 0 Å². The van der Waals surface area contributed by atoms with Crippen molar-refractivity contribution in [1.29, 1.82) is 0 Å². The van der Waals surface area contributed by atoms with Gasteiger partial charge in [-0.15, -0.1) is 0 Å². The second kappa shape index (κ2) is 15.0. The molecule has 0 spiro atoms. The van der Waals surface area contributed by atoms with Crippen LogP contribution in [0.1, 0.15) is 66.7 Å². The number of aromatic amines is 1. The zero-order valence-corrected chi connectivity index (χ0v) is 26.2. The summed E-state index contributed by atoms with van der Waals surface area (Å²) in [6.07, 6.45) is -0.860. The molecule has 1 aliphatic heterocycles. The van der Waals surface area contributed by atoms with Crippen molar-refractivity contribution < 1.29 is 28.6 Å². The summed E-state index contributed by atoms with van der Waals surface area (Å²) in [5.41, 5.74) is 6.89. The van der Waals surface area contributed by atoms with Gasteiger partial charge in [0.05, 0.1) is 12.1 Å². The maximum Gasteiger partial charge on any atom is 0.408 e. The minimum absolute atomic E-state index is 0.00560. The van der Waals surface area contributed by atoms with Crippen molar-refractivity contribution in [2.75, 3.05) is 6.54 Å². The Kier molecular flexibility index (Phi) is 12.4. The summed E-state index contributed by atoms with van der Waals surface area (Å²) in [7, 11) is 0. The van der Waals surface area contributed by atoms with Crippen LogP contribution in [0.15, 0.2) is 25.9 Å². The monoisotopic (exact) mass is 655 g/mol. The Morgan fingerprint density at radius 2 is 1.86 bits per heavy atom. The third-order valence-corrected chi connectivity index (χ3v) is 6.43. The maximum atomic E-state index is 13.4. The molecular formula is C26H38BrN7O8. The fourth-order valence-electron chi connectivity index (χ4n) is 4.11. The quantitative estimate of drug-likeness (QED) is 0.139. The van der Waals surface area contributed by atoms with Gasteiger partial charge in [-0.25, -0.2) is 14.4 Å². The van der Waals surface area contributed by atoms with Crippen LogP contribution in [0, 0.1) is 11.8 Å². The minimum Gasteiger partial charge on any atom is -0.458 e. The lowest BCUT2D eigenvalue weighted by Gasteiger charge is -2.28. The van der Waals surface area contributed by atoms with Crippen LogP contribution in [0.4, 0.5) is 4.79 Å². The molecule has 1 aromatic rings. The Morgan fingerprint density at radius 1 is 1.21 bits per heavy atom. The number of hydrogen-bond acceptors (Lipinski definition) is 9. The van der Waals surface area contributed by atoms with Crippen LogP contribution in [-0.2, 0) is 23.8 Å². The molecule has 1 aliphatic rings. The van der Waals surface area contributed by atoms with Crippen LogP contribution < -0.4 is 21.9 Å². The average Bonchev–Trinajstić information content (AvgIpc) is 3.26. The molecule has 0 saturated carbocycles. The minimum atomic E-state index is -1.11. The first-order valence-electron chi connectivity index (χ1n) is 13.4. The molecule has 2 heterocycles. The summed E-state index contributed by atoms with van der Waals surface area (Å²) >= 11 is 3.09. The number of carbonyl (C=O) groups is 3. The van der Waals surface area contributed by atoms with Gasteiger partial charge in [-0.2, -0.15) is 0 Å². The number of rotatable bonds is 11. The average molecular weight is 657 g/mol. The van der Waals surface area contributed by atoms with Gasteiger partial charge in [-0.05, 0) is 49.2 Å². The van der Waals surface area contributed by atoms with E-state index in [9.17, 15) is 24.0 Å². The molecular weight excluding hydrogens is 618 g/mol. The molecule has 232 valence electrons. The van der Waals surface area contributed by atoms with Crippen molar-refractivity contribution in [1.82, 2.24) is 20.2 Å². The number of hydrogen-bond donors (Lipinski definition) is 3. The standard InChI is InChI=1S/C26H38BrN7O8/c1-13(2)19(31-25(39)42-26(5,6)7)22(36)30-20(14(3)4)23(37)41-16-10-18(40-17(16)11-29-33-28)34-12-15(8-9-27)21(35)32-24(34)38/h8-9,12-14,16-20H,10-11H2,1-7H3,(H,30,36)(H,31,39)(H,32,35,38)/b9-8+/t16-,17+,18+,19-,20-/m0/s1. The second-order valence-corrected chi connectivity index (χ2v) is 11.9. The SMILES string of the molecule is CC(C)[C@H](NC(=O)OC(C)(C)C)C(=O)N[C@H](C(=O)O[C@H]1C[C@H](n2cc(/C=C/Br)c(=O)[nH]c2=O)O[C@@H]1CN=[N+]=[N-])C(C)C. The van der Waals surface area contributed by atoms with Crippen molar-refractivity contribution in [2.45, 2.75) is 91.0 Å². The molecule has 15 nitrogen and oxygen atoms in total. The predicted octanol–water partition coefficient (Wildman–Crippen LogP) is 3.10. The molecule has 2 amide bonds. The van der Waals surface area contributed by atoms with Gasteiger partial charge in [0, 0.05) is 17.5 Å². The second-order valence-electron chi connectivity index (χ2n) is 11.4. The van der Waals surface area contributed by atoms with E-state index < -0.39 is 71.3 Å². The highest BCUT2D eigenvalue weighted by Gasteiger charge is 2.41. The third-order valence-electron chi connectivity index (χ3n) is 6.16. The van der Waals surface area contributed by atoms with Crippen molar-refractivity contribution in [3.05, 3.63) is 48.0 Å². The Balaban J connectivity index is 2.25. The Hall–Kier alpha value is -3.62. The summed E-state index contributed by atoms with van der Waals surface area (Å²) in [6.45, 7) is 11.8. The van der Waals surface area contributed by atoms with Crippen molar-refractivity contribution >= 4 is 40.0 Å². The van der Waals surface area contributed by atoms with Gasteiger partial charge in [0.15, 0.2) is 0 Å². The zero-order valence-electron chi connectivity index (χ0n) is 24.6. The Morgan fingerprint density at radius 3 is 2.40 bits per heavy atom. The number of aromatic nitrogens is 2. The lowest BCUT2D eigenvalue weighted by atomic mass is 10.00. The summed E-state index contributed by atoms with van der Waals surface area (Å²) in [5, 5.41) is 8.74. The lowest BCUT2D eigenvalue weighted by molar-refractivity contribution is -0.157. The van der Waals surface area contributed by atoms with Crippen LogP contribution in [0.3, 0.4) is 0 Å². The third kappa shape index (κ3) is 9.74. The lowest BCUT2D eigenvalue weighted by Crippen LogP contribution is -2.56. The number of nitrogens with zero attached hydrogens (tertiary/aromatic N) is 4. The highest BCUT2D eigenvalue weighted by atomic mass is 79.9. The predicted molar refractivity (Wildman–Crippen MR) is 156 cm³/mol. The Labute approximate surface area is 251 Å². The fraction of sp³-hybridized carbons (Fsp3) is 0.654. The summed E-state index contributed by atoms with van der Waals surface area (Å²) in [6, 6.07) is -2.11. The van der Waals surface area contributed by atoms with Crippen LogP contribution in [-0.4, -0.2) is 64.0 Å². The fourth-order valence-corrected chi connectivity index (χ4v) is 4.40. The van der Waals surface area contributed by atoms with Gasteiger partial charge in [-0.3, -0.25) is 19.1 Å². The molecule has 0 aliphatic carbocycles. The summed E-state index contributed by atoms with van der Waals surface area (Å²) < 4.78 is 18.1. The topological polar surface area (TPSA) is 207 Å². The molecule has 0 unspecified atom stereocenters. The van der Waals surface area contributed by atoms with E-state index in [0.717, 1.165) is 4.57 Å². The number of ether oxygens (including phenoxy) is 3. The van der Waals surface area contributed by atoms with E-state index in [0.29, 0.717) is 0 Å². The van der Waals surface area contributed by atoms with E-state index in [2.05, 4.69) is 41.6 Å². The number of esters is 1. The molecule has 1 saturated heterocycles. The molecule has 5 atom stereocenters. The van der Waals surface area contributed by atoms with Gasteiger partial charge in [-0.1, -0.05) is 48.7 Å². The number of alkyl carbamates (subject to hydrolysis) is 1. The number of carbonyl (C=O) groups excluding carboxylic acids is 3. The van der Waals surface area contributed by atoms with Gasteiger partial charge in [0.1, 0.15) is 36.1 Å². The molecule has 1 aromatic heterocycles. The van der Waals surface area contributed by atoms with Gasteiger partial charge >= 0.3 is 17.8 Å². The number of halogens is 1. The highest BCUT2D eigenvalue weighted by molar-refractivity contribution is 9.11. The van der Waals surface area contributed by atoms with Crippen LogP contribution in [0.5, 0.6) is 0 Å². The van der Waals surface area contributed by atoms with Crippen LogP contribution >= 0.6 is 15.9 Å². The van der Waals surface area contributed by atoms with Gasteiger partial charge in [0.25, 0.3) is 5.56 Å². The van der Waals surface area contributed by atoms with Crippen LogP contribution in [0.2, 0.25) is 0 Å². The van der Waals surface area contributed by atoms with Crippen molar-refractivity contribution in [3.63, 3.8) is 0 Å². The van der Waals surface area contributed by atoms with Gasteiger partial charge < -0.3 is 24.8 Å². The first-order valence-corrected chi connectivity index (χ1v) is 14.3. The molecule has 3 N–H and O–H groups in total. The molecule has 1 fully saturated rings.